The maximum absolute atomic E-state index is 14.2. The Hall–Kier alpha value is -4.87. The molecule has 0 saturated heterocycles. The molecule has 0 saturated carbocycles. The zero-order valence-corrected chi connectivity index (χ0v) is 22.4. The molecule has 2 aromatic carbocycles. The van der Waals surface area contributed by atoms with Gasteiger partial charge in [-0.1, -0.05) is 0 Å². The van der Waals surface area contributed by atoms with Gasteiger partial charge in [0, 0.05) is 72.9 Å². The van der Waals surface area contributed by atoms with Gasteiger partial charge in [0.05, 0.1) is 32.4 Å². The number of aryl methyl sites for hydroxylation is 1. The monoisotopic (exact) mass is 562 g/mol. The highest BCUT2D eigenvalue weighted by Gasteiger charge is 2.39. The molecule has 6 rings (SSSR count). The van der Waals surface area contributed by atoms with Crippen LogP contribution in [0.3, 0.4) is 0 Å². The van der Waals surface area contributed by atoms with Gasteiger partial charge in [-0.05, 0) is 41.3 Å². The van der Waals surface area contributed by atoms with Gasteiger partial charge in [0.2, 0.25) is 0 Å². The normalized spacial score (nSPS) is 13.5. The average molecular weight is 563 g/mol. The lowest BCUT2D eigenvalue weighted by molar-refractivity contribution is -0.140. The second kappa shape index (κ2) is 9.95. The molecule has 0 unspecified atom stereocenters. The molecule has 1 aliphatic heterocycles. The number of amides is 1. The van der Waals surface area contributed by atoms with Crippen molar-refractivity contribution in [3.63, 3.8) is 0 Å². The summed E-state index contributed by atoms with van der Waals surface area (Å²) in [5.41, 5.74) is 1.36. The molecule has 1 aliphatic rings. The number of benzene rings is 2. The molecule has 5 aromatic rings. The molecule has 0 fully saturated rings. The Kier molecular flexibility index (Phi) is 6.40. The third kappa shape index (κ3) is 4.64. The van der Waals surface area contributed by atoms with Crippen molar-refractivity contribution in [2.24, 2.45) is 7.05 Å². The number of ether oxygens (including phenoxy) is 2. The largest absolute Gasteiger partial charge is 0.497 e. The van der Waals surface area contributed by atoms with Gasteiger partial charge in [-0.2, -0.15) is 18.3 Å². The first-order valence-electron chi connectivity index (χ1n) is 12.7. The van der Waals surface area contributed by atoms with Crippen LogP contribution in [0.4, 0.5) is 18.9 Å². The minimum absolute atomic E-state index is 0.0636. The van der Waals surface area contributed by atoms with Crippen LogP contribution in [0.2, 0.25) is 0 Å². The van der Waals surface area contributed by atoms with Crippen molar-refractivity contribution >= 4 is 22.4 Å². The molecular weight excluding hydrogens is 537 g/mol. The van der Waals surface area contributed by atoms with Crippen LogP contribution in [0.1, 0.15) is 27.2 Å². The summed E-state index contributed by atoms with van der Waals surface area (Å²) in [4.78, 5) is 24.2. The van der Waals surface area contributed by atoms with Crippen molar-refractivity contribution in [3.8, 4) is 22.6 Å². The topological polar surface area (TPSA) is 87.3 Å². The standard InChI is InChI=1S/C29H25F3N6O3/c1-36-15-24(27(35-36)29(30,31)32)20-8-17(14-37-7-5-33-16-37)9-22-19(20)4-6-38(28(22)39)25-13-34-12-23-21(25)10-18(40-2)11-26(23)41-3/h5,7-13,15-16H,4,6,14H2,1-3H3. The second-order valence-electron chi connectivity index (χ2n) is 9.76. The van der Waals surface area contributed by atoms with E-state index < -0.39 is 11.9 Å². The first-order valence-corrected chi connectivity index (χ1v) is 12.7. The van der Waals surface area contributed by atoms with Gasteiger partial charge >= 0.3 is 6.18 Å². The number of pyridine rings is 1. The van der Waals surface area contributed by atoms with E-state index in [1.54, 1.807) is 73.0 Å². The van der Waals surface area contributed by atoms with Gasteiger partial charge < -0.3 is 18.9 Å². The van der Waals surface area contributed by atoms with E-state index >= 15 is 0 Å². The zero-order valence-electron chi connectivity index (χ0n) is 22.4. The lowest BCUT2D eigenvalue weighted by Gasteiger charge is -2.31. The van der Waals surface area contributed by atoms with Gasteiger partial charge in [-0.25, -0.2) is 4.98 Å². The van der Waals surface area contributed by atoms with E-state index in [0.717, 1.165) is 4.68 Å². The van der Waals surface area contributed by atoms with Crippen LogP contribution >= 0.6 is 0 Å². The number of halogens is 3. The predicted molar refractivity (Wildman–Crippen MR) is 145 cm³/mol. The molecule has 4 heterocycles. The Labute approximate surface area is 232 Å². The molecule has 0 bridgehead atoms. The lowest BCUT2D eigenvalue weighted by atomic mass is 9.88. The summed E-state index contributed by atoms with van der Waals surface area (Å²) in [6, 6.07) is 7.01. The van der Waals surface area contributed by atoms with E-state index in [1.165, 1.54) is 13.2 Å². The molecule has 41 heavy (non-hydrogen) atoms. The van der Waals surface area contributed by atoms with E-state index in [4.69, 9.17) is 9.47 Å². The van der Waals surface area contributed by atoms with Crippen molar-refractivity contribution in [3.05, 3.63) is 84.0 Å². The average Bonchev–Trinajstić information content (AvgIpc) is 3.62. The SMILES string of the molecule is COc1cc(OC)c2cncc(N3CCc4c(cc(Cn5ccnc5)cc4-c4cn(C)nc4C(F)(F)F)C3=O)c2c1. The number of imidazole rings is 1. The van der Waals surface area contributed by atoms with Crippen LogP contribution in [0.25, 0.3) is 21.9 Å². The van der Waals surface area contributed by atoms with Crippen molar-refractivity contribution in [1.29, 1.82) is 0 Å². The van der Waals surface area contributed by atoms with Gasteiger partial charge in [-0.15, -0.1) is 0 Å². The van der Waals surface area contributed by atoms with Crippen molar-refractivity contribution in [2.45, 2.75) is 19.1 Å². The Balaban J connectivity index is 1.52. The van der Waals surface area contributed by atoms with E-state index in [2.05, 4.69) is 15.1 Å². The fraction of sp³-hybridized carbons (Fsp3) is 0.241. The maximum atomic E-state index is 14.2. The highest BCUT2D eigenvalue weighted by Crippen LogP contribution is 2.42. The van der Waals surface area contributed by atoms with Gasteiger partial charge in [0.15, 0.2) is 5.69 Å². The number of alkyl halides is 3. The molecular formula is C29H25F3N6O3. The summed E-state index contributed by atoms with van der Waals surface area (Å²) in [7, 11) is 4.53. The van der Waals surface area contributed by atoms with Crippen LogP contribution in [0.5, 0.6) is 11.5 Å². The summed E-state index contributed by atoms with van der Waals surface area (Å²) in [6.45, 7) is 0.557. The number of methoxy groups -OCH3 is 2. The van der Waals surface area contributed by atoms with E-state index in [-0.39, 0.29) is 18.0 Å². The second-order valence-corrected chi connectivity index (χ2v) is 9.76. The third-order valence-corrected chi connectivity index (χ3v) is 7.22. The Morgan fingerprint density at radius 3 is 2.49 bits per heavy atom. The summed E-state index contributed by atoms with van der Waals surface area (Å²) in [5, 5.41) is 5.11. The van der Waals surface area contributed by atoms with Gasteiger partial charge in [-0.3, -0.25) is 14.5 Å². The maximum Gasteiger partial charge on any atom is 0.435 e. The van der Waals surface area contributed by atoms with Crippen molar-refractivity contribution < 1.29 is 27.4 Å². The molecule has 12 heteroatoms. The molecule has 0 N–H and O–H groups in total. The summed E-state index contributed by atoms with van der Waals surface area (Å²) >= 11 is 0. The molecule has 3 aromatic heterocycles. The van der Waals surface area contributed by atoms with Crippen molar-refractivity contribution in [1.82, 2.24) is 24.3 Å². The highest BCUT2D eigenvalue weighted by molar-refractivity contribution is 6.13. The number of hydrogen-bond acceptors (Lipinski definition) is 6. The van der Waals surface area contributed by atoms with Crippen LogP contribution in [-0.2, 0) is 26.2 Å². The van der Waals surface area contributed by atoms with E-state index in [0.29, 0.717) is 63.2 Å². The quantitative estimate of drug-likeness (QED) is 0.286. The number of hydrogen-bond donors (Lipinski definition) is 0. The number of rotatable bonds is 6. The summed E-state index contributed by atoms with van der Waals surface area (Å²) in [6.07, 6.45) is 5.24. The van der Waals surface area contributed by atoms with Crippen LogP contribution in [0, 0.1) is 0 Å². The number of aromatic nitrogens is 5. The summed E-state index contributed by atoms with van der Waals surface area (Å²) < 4.78 is 56.0. The summed E-state index contributed by atoms with van der Waals surface area (Å²) in [5.74, 6) is 0.751. The smallest absolute Gasteiger partial charge is 0.435 e. The lowest BCUT2D eigenvalue weighted by Crippen LogP contribution is -2.38. The number of carbonyl (C=O) groups is 1. The Morgan fingerprint density at radius 1 is 0.976 bits per heavy atom. The van der Waals surface area contributed by atoms with Crippen LogP contribution < -0.4 is 14.4 Å². The van der Waals surface area contributed by atoms with E-state index in [9.17, 15) is 18.0 Å². The fourth-order valence-corrected chi connectivity index (χ4v) is 5.41. The Bertz CT molecular complexity index is 1780. The fourth-order valence-electron chi connectivity index (χ4n) is 5.41. The number of carbonyl (C=O) groups excluding carboxylic acids is 1. The first-order chi connectivity index (χ1) is 19.7. The zero-order chi connectivity index (χ0) is 28.9. The molecule has 210 valence electrons. The number of fused-ring (bicyclic) bond motifs is 2. The molecule has 9 nitrogen and oxygen atoms in total. The first kappa shape index (κ1) is 26.4. The van der Waals surface area contributed by atoms with Crippen molar-refractivity contribution in [2.75, 3.05) is 25.7 Å². The molecule has 1 amide bonds. The minimum Gasteiger partial charge on any atom is -0.497 e. The van der Waals surface area contributed by atoms with Gasteiger partial charge in [0.25, 0.3) is 5.91 Å². The van der Waals surface area contributed by atoms with Crippen LogP contribution in [-0.4, -0.2) is 51.0 Å². The third-order valence-electron chi connectivity index (χ3n) is 7.22. The highest BCUT2D eigenvalue weighted by atomic mass is 19.4. The van der Waals surface area contributed by atoms with E-state index in [1.807, 2.05) is 6.07 Å². The molecule has 0 aliphatic carbocycles. The minimum atomic E-state index is -4.67. The number of nitrogens with zero attached hydrogens (tertiary/aromatic N) is 6. The van der Waals surface area contributed by atoms with Gasteiger partial charge in [0.1, 0.15) is 11.5 Å². The number of anilines is 1. The Morgan fingerprint density at radius 2 is 1.78 bits per heavy atom. The molecule has 0 radical (unpaired) electrons. The van der Waals surface area contributed by atoms with Crippen LogP contribution in [0.15, 0.2) is 61.6 Å². The molecule has 0 spiro atoms. The predicted octanol–water partition coefficient (Wildman–Crippen LogP) is 5.12. The molecule has 0 atom stereocenters.